The van der Waals surface area contributed by atoms with E-state index in [1.165, 1.54) is 16.8 Å². The van der Waals surface area contributed by atoms with E-state index in [2.05, 4.69) is 47.1 Å². The molecule has 29 heavy (non-hydrogen) atoms. The lowest BCUT2D eigenvalue weighted by molar-refractivity contribution is 0.0971. The monoisotopic (exact) mass is 394 g/mol. The number of benzene rings is 1. The minimum atomic E-state index is -0.306. The van der Waals surface area contributed by atoms with E-state index in [-0.39, 0.29) is 17.4 Å². The summed E-state index contributed by atoms with van der Waals surface area (Å²) in [5, 5.41) is 2.99. The average Bonchev–Trinajstić information content (AvgIpc) is 3.39. The molecule has 1 aromatic heterocycles. The Morgan fingerprint density at radius 2 is 2.00 bits per heavy atom. The molecule has 5 nitrogen and oxygen atoms in total. The van der Waals surface area contributed by atoms with Crippen molar-refractivity contribution in [2.24, 2.45) is 7.05 Å². The molecular formula is C24H30N2O3. The molecule has 2 aromatic rings. The number of unbranched alkanes of at least 4 members (excludes halogenated alkanes) is 1. The van der Waals surface area contributed by atoms with Gasteiger partial charge in [-0.2, -0.15) is 0 Å². The molecule has 0 radical (unpaired) electrons. The summed E-state index contributed by atoms with van der Waals surface area (Å²) in [4.78, 5) is 24.2. The van der Waals surface area contributed by atoms with Gasteiger partial charge >= 0.3 is 6.09 Å². The van der Waals surface area contributed by atoms with Crippen molar-refractivity contribution in [1.82, 2.24) is 9.88 Å². The van der Waals surface area contributed by atoms with Crippen LogP contribution >= 0.6 is 0 Å². The third-order valence-corrected chi connectivity index (χ3v) is 6.56. The van der Waals surface area contributed by atoms with Crippen molar-refractivity contribution < 1.29 is 14.3 Å². The number of rotatable bonds is 7. The molecule has 1 spiro atoms. The number of amides is 1. The number of cyclic esters (lactones) is 1. The van der Waals surface area contributed by atoms with Crippen LogP contribution in [0.15, 0.2) is 36.4 Å². The minimum absolute atomic E-state index is 0.216. The number of ether oxygens (including phenoxy) is 1. The first-order valence-corrected chi connectivity index (χ1v) is 10.7. The van der Waals surface area contributed by atoms with Gasteiger partial charge in [-0.1, -0.05) is 29.8 Å². The first kappa shape index (κ1) is 19.7. The number of hydrogen-bond acceptors (Lipinski definition) is 3. The molecule has 1 saturated carbocycles. The standard InChI is InChI=1S/C24H30N2O3/c1-17-7-9-18(10-8-17)5-3-4-6-22(27)21-12-11-20(26(21)2)19-13-14-24(15-19)16-29-23(28)25-24/h7-12,19H,3-6,13-16H2,1-2H3,(H,25,28)/t19-,24+/m0/s1. The molecular weight excluding hydrogens is 364 g/mol. The van der Waals surface area contributed by atoms with Gasteiger partial charge in [-0.3, -0.25) is 4.79 Å². The molecule has 1 aliphatic heterocycles. The van der Waals surface area contributed by atoms with Crippen LogP contribution in [0.5, 0.6) is 0 Å². The number of aromatic nitrogens is 1. The van der Waals surface area contributed by atoms with E-state index in [1.54, 1.807) is 0 Å². The zero-order valence-electron chi connectivity index (χ0n) is 17.4. The summed E-state index contributed by atoms with van der Waals surface area (Å²) >= 11 is 0. The van der Waals surface area contributed by atoms with Crippen molar-refractivity contribution in [1.29, 1.82) is 0 Å². The molecule has 2 fully saturated rings. The molecule has 1 amide bonds. The van der Waals surface area contributed by atoms with E-state index in [9.17, 15) is 9.59 Å². The van der Waals surface area contributed by atoms with Gasteiger partial charge in [0.05, 0.1) is 11.2 Å². The highest BCUT2D eigenvalue weighted by Gasteiger charge is 2.46. The number of ketones is 1. The molecule has 5 heteroatoms. The molecule has 1 aliphatic carbocycles. The molecule has 154 valence electrons. The second-order valence-corrected chi connectivity index (χ2v) is 8.74. The lowest BCUT2D eigenvalue weighted by Gasteiger charge is -2.20. The highest BCUT2D eigenvalue weighted by atomic mass is 16.6. The van der Waals surface area contributed by atoms with E-state index in [0.717, 1.165) is 44.2 Å². The van der Waals surface area contributed by atoms with E-state index in [0.29, 0.717) is 18.9 Å². The molecule has 2 heterocycles. The fourth-order valence-corrected chi connectivity index (χ4v) is 4.83. The summed E-state index contributed by atoms with van der Waals surface area (Å²) in [5.41, 5.74) is 4.38. The summed E-state index contributed by atoms with van der Waals surface area (Å²) in [7, 11) is 1.99. The van der Waals surface area contributed by atoms with Crippen molar-refractivity contribution in [2.45, 2.75) is 63.3 Å². The number of hydrogen-bond donors (Lipinski definition) is 1. The first-order chi connectivity index (χ1) is 14.0. The maximum atomic E-state index is 12.7. The van der Waals surface area contributed by atoms with E-state index >= 15 is 0 Å². The Balaban J connectivity index is 1.30. The zero-order chi connectivity index (χ0) is 20.4. The maximum Gasteiger partial charge on any atom is 0.407 e. The average molecular weight is 395 g/mol. The highest BCUT2D eigenvalue weighted by Crippen LogP contribution is 2.43. The summed E-state index contributed by atoms with van der Waals surface area (Å²) in [6.07, 6.45) is 6.04. The second-order valence-electron chi connectivity index (χ2n) is 8.74. The topological polar surface area (TPSA) is 60.3 Å². The zero-order valence-corrected chi connectivity index (χ0v) is 17.4. The van der Waals surface area contributed by atoms with Crippen LogP contribution in [0.4, 0.5) is 4.79 Å². The van der Waals surface area contributed by atoms with Crippen molar-refractivity contribution in [3.05, 3.63) is 58.9 Å². The fraction of sp³-hybridized carbons (Fsp3) is 0.500. The third kappa shape index (κ3) is 4.24. The van der Waals surface area contributed by atoms with Gasteiger partial charge in [0.2, 0.25) is 0 Å². The summed E-state index contributed by atoms with van der Waals surface area (Å²) in [6.45, 7) is 2.55. The van der Waals surface area contributed by atoms with Crippen LogP contribution in [-0.4, -0.2) is 28.6 Å². The third-order valence-electron chi connectivity index (χ3n) is 6.56. The Bertz CT molecular complexity index is 899. The summed E-state index contributed by atoms with van der Waals surface area (Å²) in [6, 6.07) is 12.7. The van der Waals surface area contributed by atoms with E-state index < -0.39 is 0 Å². The predicted octanol–water partition coefficient (Wildman–Crippen LogP) is 4.68. The van der Waals surface area contributed by atoms with E-state index in [4.69, 9.17) is 4.74 Å². The Hall–Kier alpha value is -2.56. The molecule has 4 rings (SSSR count). The van der Waals surface area contributed by atoms with Crippen LogP contribution in [0.1, 0.15) is 71.8 Å². The molecule has 1 aromatic carbocycles. The molecule has 1 saturated heterocycles. The molecule has 0 unspecified atom stereocenters. The smallest absolute Gasteiger partial charge is 0.407 e. The Morgan fingerprint density at radius 1 is 1.21 bits per heavy atom. The number of alkyl carbamates (subject to hydrolysis) is 1. The minimum Gasteiger partial charge on any atom is -0.447 e. The van der Waals surface area contributed by atoms with Crippen LogP contribution in [-0.2, 0) is 18.2 Å². The molecule has 1 N–H and O–H groups in total. The largest absolute Gasteiger partial charge is 0.447 e. The van der Waals surface area contributed by atoms with Crippen LogP contribution < -0.4 is 5.32 Å². The second kappa shape index (κ2) is 8.05. The van der Waals surface area contributed by atoms with Gasteiger partial charge in [-0.25, -0.2) is 4.79 Å². The van der Waals surface area contributed by atoms with Crippen molar-refractivity contribution in [3.63, 3.8) is 0 Å². The van der Waals surface area contributed by atoms with E-state index in [1.807, 2.05) is 13.1 Å². The van der Waals surface area contributed by atoms with Crippen LogP contribution in [0.2, 0.25) is 0 Å². The SMILES string of the molecule is Cc1ccc(CCCCC(=O)c2ccc([C@H]3CC[C@]4(COC(=O)N4)C3)n2C)cc1. The van der Waals surface area contributed by atoms with Gasteiger partial charge in [0.15, 0.2) is 5.78 Å². The van der Waals surface area contributed by atoms with Gasteiger partial charge in [0.25, 0.3) is 0 Å². The van der Waals surface area contributed by atoms with Gasteiger partial charge in [-0.15, -0.1) is 0 Å². The maximum absolute atomic E-state index is 12.7. The van der Waals surface area contributed by atoms with Gasteiger partial charge in [0, 0.05) is 25.1 Å². The molecule has 2 atom stereocenters. The number of aryl methyl sites for hydroxylation is 2. The van der Waals surface area contributed by atoms with Crippen LogP contribution in [0.3, 0.4) is 0 Å². The number of nitrogens with one attached hydrogen (secondary N) is 1. The number of carbonyl (C=O) groups excluding carboxylic acids is 2. The number of carbonyl (C=O) groups is 2. The van der Waals surface area contributed by atoms with Crippen LogP contribution in [0, 0.1) is 6.92 Å². The Morgan fingerprint density at radius 3 is 2.72 bits per heavy atom. The first-order valence-electron chi connectivity index (χ1n) is 10.7. The summed E-state index contributed by atoms with van der Waals surface area (Å²) < 4.78 is 7.19. The quantitative estimate of drug-likeness (QED) is 0.548. The Kier molecular flexibility index (Phi) is 5.48. The predicted molar refractivity (Wildman–Crippen MR) is 112 cm³/mol. The molecule has 2 aliphatic rings. The van der Waals surface area contributed by atoms with Crippen molar-refractivity contribution in [2.75, 3.05) is 6.61 Å². The lowest BCUT2D eigenvalue weighted by Crippen LogP contribution is -2.40. The van der Waals surface area contributed by atoms with Gasteiger partial charge in [0.1, 0.15) is 6.61 Å². The highest BCUT2D eigenvalue weighted by molar-refractivity contribution is 5.94. The summed E-state index contributed by atoms with van der Waals surface area (Å²) in [5.74, 6) is 0.568. The van der Waals surface area contributed by atoms with Crippen molar-refractivity contribution in [3.8, 4) is 0 Å². The number of nitrogens with zero attached hydrogens (tertiary/aromatic N) is 1. The fourth-order valence-electron chi connectivity index (χ4n) is 4.83. The van der Waals surface area contributed by atoms with Crippen LogP contribution in [0.25, 0.3) is 0 Å². The van der Waals surface area contributed by atoms with Gasteiger partial charge < -0.3 is 14.6 Å². The van der Waals surface area contributed by atoms with Crippen molar-refractivity contribution >= 4 is 11.9 Å². The normalized spacial score (nSPS) is 23.4. The van der Waals surface area contributed by atoms with Gasteiger partial charge in [-0.05, 0) is 63.1 Å². The number of Topliss-reactive ketones (excluding diaryl/α,β-unsaturated/α-hetero) is 1. The molecule has 0 bridgehead atoms. The Labute approximate surface area is 172 Å². The lowest BCUT2D eigenvalue weighted by atomic mass is 9.96.